The molecule has 9 heteroatoms. The maximum atomic E-state index is 12.9. The van der Waals surface area contributed by atoms with Gasteiger partial charge >= 0.3 is 0 Å². The van der Waals surface area contributed by atoms with Crippen molar-refractivity contribution in [2.24, 2.45) is 5.92 Å². The molecule has 28 heavy (non-hydrogen) atoms. The van der Waals surface area contributed by atoms with Gasteiger partial charge in [-0.15, -0.1) is 5.10 Å². The van der Waals surface area contributed by atoms with Crippen molar-refractivity contribution >= 4 is 15.9 Å². The summed E-state index contributed by atoms with van der Waals surface area (Å²) >= 11 is 0. The van der Waals surface area contributed by atoms with Crippen molar-refractivity contribution in [3.05, 3.63) is 41.2 Å². The molecule has 148 valence electrons. The molecule has 2 fully saturated rings. The third-order valence-electron chi connectivity index (χ3n) is 5.90. The number of nitrogens with zero attached hydrogens (tertiary/aromatic N) is 4. The number of hydrogen-bond donors (Lipinski definition) is 1. The first-order valence-corrected chi connectivity index (χ1v) is 11.3. The molecule has 0 spiro atoms. The highest BCUT2D eigenvalue weighted by Crippen LogP contribution is 2.31. The molecule has 0 atom stereocenters. The maximum absolute atomic E-state index is 12.9. The molecule has 3 aliphatic rings. The van der Waals surface area contributed by atoms with E-state index in [1.165, 1.54) is 22.7 Å². The first-order valence-electron chi connectivity index (χ1n) is 9.83. The summed E-state index contributed by atoms with van der Waals surface area (Å²) in [4.78, 5) is 12.5. The van der Waals surface area contributed by atoms with Crippen molar-refractivity contribution in [2.75, 3.05) is 19.6 Å². The zero-order chi connectivity index (χ0) is 19.3. The van der Waals surface area contributed by atoms with Crippen molar-refractivity contribution in [1.29, 1.82) is 0 Å². The topological polar surface area (TPSA) is 97.2 Å². The fourth-order valence-corrected chi connectivity index (χ4v) is 5.41. The number of aryl methyl sites for hydroxylation is 2. The van der Waals surface area contributed by atoms with E-state index < -0.39 is 10.0 Å². The molecule has 2 aromatic rings. The number of rotatable bonds is 6. The van der Waals surface area contributed by atoms with Crippen LogP contribution in [0.15, 0.2) is 29.3 Å². The van der Waals surface area contributed by atoms with Gasteiger partial charge in [0.1, 0.15) is 0 Å². The summed E-state index contributed by atoms with van der Waals surface area (Å²) < 4.78 is 28.8. The van der Waals surface area contributed by atoms with Crippen LogP contribution in [0.4, 0.5) is 0 Å². The van der Waals surface area contributed by atoms with Gasteiger partial charge < -0.3 is 5.32 Å². The van der Waals surface area contributed by atoms with Crippen molar-refractivity contribution in [3.63, 3.8) is 0 Å². The smallest absolute Gasteiger partial charge is 0.273 e. The monoisotopic (exact) mass is 401 g/mol. The maximum Gasteiger partial charge on any atom is 0.273 e. The van der Waals surface area contributed by atoms with Crippen LogP contribution in [-0.4, -0.2) is 53.3 Å². The largest absolute Gasteiger partial charge is 0.350 e. The molecule has 1 aromatic heterocycles. The summed E-state index contributed by atoms with van der Waals surface area (Å²) in [6.45, 7) is 1.36. The minimum absolute atomic E-state index is 0.0957. The standard InChI is InChI=1S/C19H23N5O3S/c25-19(20-9-13-4-5-13)18-12-24(22-21-18)16-10-23(11-16)28(26,27)17-7-6-14-2-1-3-15(14)8-17/h6-8,12-13,16H,1-5,9-11H2,(H,20,25). The zero-order valence-electron chi connectivity index (χ0n) is 15.5. The van der Waals surface area contributed by atoms with E-state index in [0.717, 1.165) is 24.8 Å². The lowest BCUT2D eigenvalue weighted by atomic mass is 10.1. The molecule has 1 aromatic carbocycles. The first-order chi connectivity index (χ1) is 13.5. The highest BCUT2D eigenvalue weighted by atomic mass is 32.2. The van der Waals surface area contributed by atoms with E-state index in [1.807, 2.05) is 12.1 Å². The second-order valence-corrected chi connectivity index (χ2v) is 9.94. The minimum atomic E-state index is -3.49. The number of carbonyl (C=O) groups excluding carboxylic acids is 1. The lowest BCUT2D eigenvalue weighted by Gasteiger charge is -2.37. The highest BCUT2D eigenvalue weighted by Gasteiger charge is 2.39. The number of fused-ring (bicyclic) bond motifs is 1. The molecule has 1 saturated heterocycles. The Hall–Kier alpha value is -2.26. The van der Waals surface area contributed by atoms with E-state index in [-0.39, 0.29) is 17.6 Å². The van der Waals surface area contributed by atoms with E-state index in [0.29, 0.717) is 30.4 Å². The second-order valence-electron chi connectivity index (χ2n) is 8.00. The van der Waals surface area contributed by atoms with Crippen molar-refractivity contribution in [1.82, 2.24) is 24.6 Å². The molecule has 1 N–H and O–H groups in total. The van der Waals surface area contributed by atoms with Crippen molar-refractivity contribution in [3.8, 4) is 0 Å². The average Bonchev–Trinajstić information content (AvgIpc) is 3.14. The predicted octanol–water partition coefficient (Wildman–Crippen LogP) is 1.15. The predicted molar refractivity (Wildman–Crippen MR) is 101 cm³/mol. The van der Waals surface area contributed by atoms with Gasteiger partial charge in [0.05, 0.1) is 17.1 Å². The van der Waals surface area contributed by atoms with Gasteiger partial charge in [0, 0.05) is 19.6 Å². The molecule has 2 aliphatic carbocycles. The molecule has 8 nitrogen and oxygen atoms in total. The van der Waals surface area contributed by atoms with Gasteiger partial charge in [0.2, 0.25) is 10.0 Å². The molecule has 0 bridgehead atoms. The fraction of sp³-hybridized carbons (Fsp3) is 0.526. The van der Waals surface area contributed by atoms with Gasteiger partial charge in [-0.25, -0.2) is 13.1 Å². The third kappa shape index (κ3) is 3.22. The van der Waals surface area contributed by atoms with Crippen LogP contribution >= 0.6 is 0 Å². The minimum Gasteiger partial charge on any atom is -0.350 e. The Morgan fingerprint density at radius 1 is 1.18 bits per heavy atom. The normalized spacial score (nSPS) is 20.0. The van der Waals surface area contributed by atoms with Crippen LogP contribution < -0.4 is 5.32 Å². The van der Waals surface area contributed by atoms with Crippen LogP contribution in [-0.2, 0) is 22.9 Å². The highest BCUT2D eigenvalue weighted by molar-refractivity contribution is 7.89. The average molecular weight is 401 g/mol. The molecule has 1 saturated carbocycles. The summed E-state index contributed by atoms with van der Waals surface area (Å²) in [5.41, 5.74) is 2.69. The van der Waals surface area contributed by atoms with Gasteiger partial charge in [-0.3, -0.25) is 4.79 Å². The number of carbonyl (C=O) groups is 1. The van der Waals surface area contributed by atoms with Crippen molar-refractivity contribution in [2.45, 2.75) is 43.0 Å². The van der Waals surface area contributed by atoms with E-state index in [9.17, 15) is 13.2 Å². The SMILES string of the molecule is O=C(NCC1CC1)c1cn(C2CN(S(=O)(=O)c3ccc4c(c3)CCC4)C2)nn1. The number of nitrogens with one attached hydrogen (secondary N) is 1. The molecule has 5 rings (SSSR count). The molecule has 0 radical (unpaired) electrons. The summed E-state index contributed by atoms with van der Waals surface area (Å²) in [6, 6.07) is 5.38. The molecular weight excluding hydrogens is 378 g/mol. The van der Waals surface area contributed by atoms with Crippen LogP contribution in [0.5, 0.6) is 0 Å². The van der Waals surface area contributed by atoms with Gasteiger partial charge in [-0.2, -0.15) is 4.31 Å². The van der Waals surface area contributed by atoms with Gasteiger partial charge in [-0.1, -0.05) is 11.3 Å². The Morgan fingerprint density at radius 3 is 2.75 bits per heavy atom. The molecule has 0 unspecified atom stereocenters. The Bertz CT molecular complexity index is 1020. The number of hydrogen-bond acceptors (Lipinski definition) is 5. The Balaban J connectivity index is 1.22. The van der Waals surface area contributed by atoms with Crippen LogP contribution in [0.25, 0.3) is 0 Å². The zero-order valence-corrected chi connectivity index (χ0v) is 16.4. The van der Waals surface area contributed by atoms with Gasteiger partial charge in [0.15, 0.2) is 5.69 Å². The number of benzene rings is 1. The number of sulfonamides is 1. The Labute approximate surface area is 164 Å². The Kier molecular flexibility index (Phi) is 4.24. The van der Waals surface area contributed by atoms with Crippen molar-refractivity contribution < 1.29 is 13.2 Å². The van der Waals surface area contributed by atoms with E-state index in [4.69, 9.17) is 0 Å². The summed E-state index contributed by atoms with van der Waals surface area (Å²) in [5.74, 6) is 0.378. The summed E-state index contributed by atoms with van der Waals surface area (Å²) in [5, 5.41) is 10.8. The summed E-state index contributed by atoms with van der Waals surface area (Å²) in [6.07, 6.45) is 7.02. The first kappa shape index (κ1) is 17.8. The van der Waals surface area contributed by atoms with Crippen LogP contribution in [0.1, 0.15) is 46.9 Å². The van der Waals surface area contributed by atoms with E-state index in [2.05, 4.69) is 15.6 Å². The van der Waals surface area contributed by atoms with Gasteiger partial charge in [-0.05, 0) is 61.3 Å². The van der Waals surface area contributed by atoms with Crippen LogP contribution in [0.3, 0.4) is 0 Å². The molecule has 1 aliphatic heterocycles. The fourth-order valence-electron chi connectivity index (χ4n) is 3.85. The van der Waals surface area contributed by atoms with E-state index >= 15 is 0 Å². The van der Waals surface area contributed by atoms with E-state index in [1.54, 1.807) is 16.9 Å². The quantitative estimate of drug-likeness (QED) is 0.783. The molecular formula is C19H23N5O3S. The Morgan fingerprint density at radius 2 is 1.96 bits per heavy atom. The van der Waals surface area contributed by atoms with Crippen LogP contribution in [0.2, 0.25) is 0 Å². The number of aromatic nitrogens is 3. The number of amides is 1. The summed E-state index contributed by atoms with van der Waals surface area (Å²) in [7, 11) is -3.49. The lowest BCUT2D eigenvalue weighted by Crippen LogP contribution is -2.50. The third-order valence-corrected chi connectivity index (χ3v) is 7.73. The molecule has 1 amide bonds. The molecule has 2 heterocycles. The second kappa shape index (κ2) is 6.66. The van der Waals surface area contributed by atoms with Gasteiger partial charge in [0.25, 0.3) is 5.91 Å². The van der Waals surface area contributed by atoms with Crippen LogP contribution in [0, 0.1) is 5.92 Å². The lowest BCUT2D eigenvalue weighted by molar-refractivity contribution is 0.0946.